The van der Waals surface area contributed by atoms with E-state index in [1.54, 1.807) is 11.9 Å². The van der Waals surface area contributed by atoms with E-state index in [1.807, 2.05) is 67.7 Å². The lowest BCUT2D eigenvalue weighted by atomic mass is 9.91. The van der Waals surface area contributed by atoms with Crippen molar-refractivity contribution in [1.29, 1.82) is 0 Å². The zero-order valence-electron chi connectivity index (χ0n) is 22.9. The molecular formula is C30H37N5O5. The molecule has 0 spiro atoms. The highest BCUT2D eigenvalue weighted by atomic mass is 16.7. The Kier molecular flexibility index (Phi) is 8.49. The average molecular weight is 548 g/mol. The Labute approximate surface area is 233 Å². The minimum atomic E-state index is -0.860. The third-order valence-electron chi connectivity index (χ3n) is 7.77. The van der Waals surface area contributed by atoms with Crippen LogP contribution in [-0.4, -0.2) is 84.2 Å². The van der Waals surface area contributed by atoms with Gasteiger partial charge < -0.3 is 35.3 Å². The third-order valence-corrected chi connectivity index (χ3v) is 7.77. The summed E-state index contributed by atoms with van der Waals surface area (Å²) < 4.78 is 11.3. The Balaban J connectivity index is 1.32. The summed E-state index contributed by atoms with van der Waals surface area (Å²) in [5.41, 5.74) is 8.73. The van der Waals surface area contributed by atoms with Crippen LogP contribution in [-0.2, 0) is 30.4 Å². The number of H-pyrrole nitrogens is 1. The number of aromatic amines is 1. The monoisotopic (exact) mass is 547 g/mol. The number of nitrogens with two attached hydrogens (primary N) is 1. The molecule has 212 valence electrons. The van der Waals surface area contributed by atoms with E-state index in [0.29, 0.717) is 26.3 Å². The highest BCUT2D eigenvalue weighted by molar-refractivity contribution is 5.94. The van der Waals surface area contributed by atoms with Crippen molar-refractivity contribution in [3.8, 4) is 0 Å². The summed E-state index contributed by atoms with van der Waals surface area (Å²) in [6.45, 7) is 3.60. The van der Waals surface area contributed by atoms with Crippen molar-refractivity contribution in [3.05, 3.63) is 71.9 Å². The van der Waals surface area contributed by atoms with Crippen LogP contribution < -0.4 is 11.1 Å². The third kappa shape index (κ3) is 6.19. The fraction of sp³-hybridized carbons (Fsp3) is 0.433. The molecule has 2 aromatic carbocycles. The predicted molar refractivity (Wildman–Crippen MR) is 150 cm³/mol. The zero-order chi connectivity index (χ0) is 28.2. The van der Waals surface area contributed by atoms with Crippen LogP contribution in [0.5, 0.6) is 0 Å². The number of hydrogen-bond acceptors (Lipinski definition) is 6. The summed E-state index contributed by atoms with van der Waals surface area (Å²) in [6.07, 6.45) is 1.41. The molecule has 3 aromatic rings. The second-order valence-corrected chi connectivity index (χ2v) is 10.8. The molecule has 0 bridgehead atoms. The fourth-order valence-corrected chi connectivity index (χ4v) is 5.44. The van der Waals surface area contributed by atoms with Crippen LogP contribution >= 0.6 is 0 Å². The molecule has 3 atom stereocenters. The molecular weight excluding hydrogens is 510 g/mol. The molecule has 1 unspecified atom stereocenters. The van der Waals surface area contributed by atoms with Gasteiger partial charge in [0.05, 0.1) is 31.7 Å². The summed E-state index contributed by atoms with van der Waals surface area (Å²) in [6, 6.07) is 16.5. The molecule has 10 heteroatoms. The number of likely N-dealkylation sites (tertiary alicyclic amines) is 1. The summed E-state index contributed by atoms with van der Waals surface area (Å²) >= 11 is 0. The Hall–Kier alpha value is -3.73. The van der Waals surface area contributed by atoms with Gasteiger partial charge in [-0.15, -0.1) is 0 Å². The normalized spacial score (nSPS) is 22.7. The molecule has 0 aliphatic carbocycles. The zero-order valence-corrected chi connectivity index (χ0v) is 22.9. The van der Waals surface area contributed by atoms with Gasteiger partial charge in [0.25, 0.3) is 0 Å². The molecule has 2 fully saturated rings. The first-order chi connectivity index (χ1) is 19.3. The Bertz CT molecular complexity index is 1340. The average Bonchev–Trinajstić information content (AvgIpc) is 3.56. The van der Waals surface area contributed by atoms with Crippen molar-refractivity contribution < 1.29 is 23.9 Å². The van der Waals surface area contributed by atoms with Crippen LogP contribution in [0.25, 0.3) is 10.9 Å². The van der Waals surface area contributed by atoms with Gasteiger partial charge in [0.15, 0.2) is 6.29 Å². The van der Waals surface area contributed by atoms with Crippen molar-refractivity contribution in [2.24, 2.45) is 11.7 Å². The van der Waals surface area contributed by atoms with Crippen molar-refractivity contribution in [3.63, 3.8) is 0 Å². The second kappa shape index (κ2) is 12.2. The van der Waals surface area contributed by atoms with Crippen LogP contribution in [0.15, 0.2) is 60.8 Å². The number of carbonyl (C=O) groups excluding carboxylic acids is 3. The number of likely N-dealkylation sites (N-methyl/N-ethyl adjacent to an activating group) is 1. The van der Waals surface area contributed by atoms with Gasteiger partial charge in [0, 0.05) is 49.6 Å². The van der Waals surface area contributed by atoms with Crippen LogP contribution in [0.4, 0.5) is 0 Å². The Morgan fingerprint density at radius 2 is 1.82 bits per heavy atom. The molecule has 4 N–H and O–H groups in total. The molecule has 1 aromatic heterocycles. The molecule has 2 saturated heterocycles. The summed E-state index contributed by atoms with van der Waals surface area (Å²) in [7, 11) is 1.67. The Morgan fingerprint density at radius 3 is 2.58 bits per heavy atom. The number of nitrogens with zero attached hydrogens (tertiary/aromatic N) is 2. The topological polar surface area (TPSA) is 130 Å². The van der Waals surface area contributed by atoms with E-state index in [1.165, 1.54) is 4.90 Å². The lowest BCUT2D eigenvalue weighted by Gasteiger charge is -2.33. The molecule has 0 saturated carbocycles. The van der Waals surface area contributed by atoms with Gasteiger partial charge in [-0.25, -0.2) is 0 Å². The van der Waals surface area contributed by atoms with Crippen LogP contribution in [0, 0.1) is 5.92 Å². The van der Waals surface area contributed by atoms with Crippen LogP contribution in [0.1, 0.15) is 30.4 Å². The van der Waals surface area contributed by atoms with Gasteiger partial charge in [-0.05, 0) is 17.2 Å². The largest absolute Gasteiger partial charge is 0.361 e. The summed E-state index contributed by atoms with van der Waals surface area (Å²) in [5.74, 6) is -1.54. The number of aromatic nitrogens is 1. The molecule has 2 aliphatic rings. The van der Waals surface area contributed by atoms with Gasteiger partial charge in [-0.2, -0.15) is 0 Å². The van der Waals surface area contributed by atoms with Crippen LogP contribution in [0.2, 0.25) is 0 Å². The lowest BCUT2D eigenvalue weighted by Crippen LogP contribution is -2.54. The maximum atomic E-state index is 13.9. The minimum absolute atomic E-state index is 0.0709. The molecule has 0 radical (unpaired) electrons. The highest BCUT2D eigenvalue weighted by Crippen LogP contribution is 2.29. The van der Waals surface area contributed by atoms with Gasteiger partial charge in [-0.3, -0.25) is 14.4 Å². The van der Waals surface area contributed by atoms with Gasteiger partial charge in [0.2, 0.25) is 17.7 Å². The van der Waals surface area contributed by atoms with Crippen molar-refractivity contribution in [1.82, 2.24) is 20.1 Å². The van der Waals surface area contributed by atoms with Crippen molar-refractivity contribution >= 4 is 28.6 Å². The molecule has 5 rings (SSSR count). The summed E-state index contributed by atoms with van der Waals surface area (Å²) in [5, 5.41) is 4.01. The molecule has 3 heterocycles. The first kappa shape index (κ1) is 27.8. The molecule has 40 heavy (non-hydrogen) atoms. The lowest BCUT2D eigenvalue weighted by molar-refractivity contribution is -0.193. The first-order valence-corrected chi connectivity index (χ1v) is 13.7. The predicted octanol–water partition coefficient (Wildman–Crippen LogP) is 1.96. The quantitative estimate of drug-likeness (QED) is 0.376. The second-order valence-electron chi connectivity index (χ2n) is 10.8. The number of para-hydroxylation sites is 1. The van der Waals surface area contributed by atoms with Crippen molar-refractivity contribution in [2.45, 2.75) is 44.2 Å². The number of amides is 3. The number of ether oxygens (including phenoxy) is 2. The number of rotatable bonds is 9. The van der Waals surface area contributed by atoms with Gasteiger partial charge >= 0.3 is 0 Å². The van der Waals surface area contributed by atoms with E-state index < -0.39 is 18.2 Å². The molecule has 2 aliphatic heterocycles. The highest BCUT2D eigenvalue weighted by Gasteiger charge is 2.38. The first-order valence-electron chi connectivity index (χ1n) is 13.7. The van der Waals surface area contributed by atoms with Gasteiger partial charge in [-0.1, -0.05) is 55.5 Å². The Morgan fingerprint density at radius 1 is 1.12 bits per heavy atom. The number of hydrogen-bond donors (Lipinski definition) is 3. The van der Waals surface area contributed by atoms with Crippen LogP contribution in [0.3, 0.4) is 0 Å². The van der Waals surface area contributed by atoms with E-state index >= 15 is 0 Å². The SMILES string of the molecule is C[C@@H](c1c[nH]c2ccccc12)[C@@H](NC(=O)C1CC(=O)N(Cc2ccccc2)C1)C(=O)N(C)CC1OCC(N)CO1. The molecule has 3 amide bonds. The number of benzene rings is 2. The number of nitrogens with one attached hydrogen (secondary N) is 2. The van der Waals surface area contributed by atoms with E-state index in [-0.39, 0.29) is 42.6 Å². The molecule has 10 nitrogen and oxygen atoms in total. The number of carbonyl (C=O) groups is 3. The van der Waals surface area contributed by atoms with Gasteiger partial charge in [0.1, 0.15) is 6.04 Å². The van der Waals surface area contributed by atoms with E-state index in [0.717, 1.165) is 22.0 Å². The summed E-state index contributed by atoms with van der Waals surface area (Å²) in [4.78, 5) is 46.7. The minimum Gasteiger partial charge on any atom is -0.361 e. The van der Waals surface area contributed by atoms with Crippen molar-refractivity contribution in [2.75, 3.05) is 33.4 Å². The maximum Gasteiger partial charge on any atom is 0.245 e. The standard InChI is InChI=1S/C30H37N5O5/c1-19(24-13-32-25-11-7-6-10-23(24)25)28(30(38)34(2)16-27-39-17-22(31)18-40-27)33-29(37)21-12-26(36)35(15-21)14-20-8-4-3-5-9-20/h3-11,13,19,21-22,27-28,32H,12,14-18,31H2,1-2H3,(H,33,37)/t19-,21?,22?,27?,28+/m0/s1. The van der Waals surface area contributed by atoms with E-state index in [9.17, 15) is 14.4 Å². The van der Waals surface area contributed by atoms with E-state index in [4.69, 9.17) is 15.2 Å². The number of fused-ring (bicyclic) bond motifs is 1. The maximum absolute atomic E-state index is 13.9. The van der Waals surface area contributed by atoms with E-state index in [2.05, 4.69) is 10.3 Å². The fourth-order valence-electron chi connectivity index (χ4n) is 5.44. The smallest absolute Gasteiger partial charge is 0.245 e.